The molecule has 0 bridgehead atoms. The number of thioether (sulfide) groups is 1. The molecule has 1 heterocycles. The number of benzene rings is 1. The highest BCUT2D eigenvalue weighted by Gasteiger charge is 2.23. The zero-order valence-electron chi connectivity index (χ0n) is 14.7. The highest BCUT2D eigenvalue weighted by Crippen LogP contribution is 2.38. The summed E-state index contributed by atoms with van der Waals surface area (Å²) in [6, 6.07) is 9.49. The topological polar surface area (TPSA) is 88.4 Å². The number of fused-ring (bicyclic) bond motifs is 1. The van der Waals surface area contributed by atoms with Crippen molar-refractivity contribution < 1.29 is 19.1 Å². The van der Waals surface area contributed by atoms with Gasteiger partial charge in [0, 0.05) is 9.77 Å². The van der Waals surface area contributed by atoms with Gasteiger partial charge in [-0.15, -0.1) is 23.1 Å². The van der Waals surface area contributed by atoms with E-state index < -0.39 is 11.9 Å². The summed E-state index contributed by atoms with van der Waals surface area (Å²) in [6.07, 6.45) is 2.87. The van der Waals surface area contributed by atoms with E-state index in [-0.39, 0.29) is 12.4 Å². The number of methoxy groups -OCH3 is 1. The van der Waals surface area contributed by atoms with Gasteiger partial charge in [-0.1, -0.05) is 0 Å². The lowest BCUT2D eigenvalue weighted by Crippen LogP contribution is -2.21. The third-order valence-corrected chi connectivity index (χ3v) is 6.26. The van der Waals surface area contributed by atoms with Crippen molar-refractivity contribution in [2.45, 2.75) is 24.2 Å². The van der Waals surface area contributed by atoms with Gasteiger partial charge in [-0.05, 0) is 49.1 Å². The largest absolute Gasteiger partial charge is 0.497 e. The Morgan fingerprint density at radius 3 is 2.78 bits per heavy atom. The van der Waals surface area contributed by atoms with E-state index in [9.17, 15) is 14.9 Å². The third kappa shape index (κ3) is 4.81. The van der Waals surface area contributed by atoms with E-state index in [2.05, 4.69) is 11.4 Å². The molecule has 3 rings (SSSR count). The molecule has 27 heavy (non-hydrogen) atoms. The molecule has 0 saturated carbocycles. The Labute approximate surface area is 165 Å². The summed E-state index contributed by atoms with van der Waals surface area (Å²) < 4.78 is 10.1. The van der Waals surface area contributed by atoms with Crippen LogP contribution in [-0.4, -0.2) is 31.3 Å². The SMILES string of the molecule is COc1ccc(SCC(=O)OCC(=O)Nc2sc3c(c2C#N)CCC3)cc1. The maximum absolute atomic E-state index is 12.0. The fraction of sp³-hybridized carbons (Fsp3) is 0.316. The molecule has 1 aliphatic carbocycles. The van der Waals surface area contributed by atoms with Crippen molar-refractivity contribution in [3.63, 3.8) is 0 Å². The maximum Gasteiger partial charge on any atom is 0.316 e. The van der Waals surface area contributed by atoms with Crippen LogP contribution in [0.15, 0.2) is 29.2 Å². The number of carbonyl (C=O) groups is 2. The lowest BCUT2D eigenvalue weighted by molar-refractivity contribution is -0.144. The molecule has 140 valence electrons. The number of ether oxygens (including phenoxy) is 2. The van der Waals surface area contributed by atoms with Crippen molar-refractivity contribution in [1.29, 1.82) is 5.26 Å². The minimum Gasteiger partial charge on any atom is -0.497 e. The molecule has 0 radical (unpaired) electrons. The number of amides is 1. The number of hydrogen-bond acceptors (Lipinski definition) is 7. The number of hydrogen-bond donors (Lipinski definition) is 1. The van der Waals surface area contributed by atoms with Gasteiger partial charge in [0.05, 0.1) is 18.4 Å². The highest BCUT2D eigenvalue weighted by atomic mass is 32.2. The molecule has 1 aromatic carbocycles. The van der Waals surface area contributed by atoms with Gasteiger partial charge in [0.15, 0.2) is 6.61 Å². The van der Waals surface area contributed by atoms with Gasteiger partial charge in [0.25, 0.3) is 5.91 Å². The Morgan fingerprint density at radius 2 is 2.07 bits per heavy atom. The number of nitrogens with zero attached hydrogens (tertiary/aromatic N) is 1. The zero-order chi connectivity index (χ0) is 19.2. The fourth-order valence-electron chi connectivity index (χ4n) is 2.78. The molecule has 8 heteroatoms. The molecular formula is C19H18N2O4S2. The van der Waals surface area contributed by atoms with Crippen molar-refractivity contribution in [3.05, 3.63) is 40.3 Å². The van der Waals surface area contributed by atoms with Gasteiger partial charge in [-0.2, -0.15) is 5.26 Å². The number of anilines is 1. The third-order valence-electron chi connectivity index (χ3n) is 4.07. The van der Waals surface area contributed by atoms with E-state index in [0.717, 1.165) is 40.3 Å². The van der Waals surface area contributed by atoms with Crippen molar-refractivity contribution in [3.8, 4) is 11.8 Å². The lowest BCUT2D eigenvalue weighted by atomic mass is 10.1. The number of carbonyl (C=O) groups excluding carboxylic acids is 2. The highest BCUT2D eigenvalue weighted by molar-refractivity contribution is 8.00. The predicted molar refractivity (Wildman–Crippen MR) is 104 cm³/mol. The van der Waals surface area contributed by atoms with E-state index in [1.807, 2.05) is 24.3 Å². The molecule has 1 N–H and O–H groups in total. The minimum atomic E-state index is -0.472. The van der Waals surface area contributed by atoms with Gasteiger partial charge >= 0.3 is 5.97 Å². The molecule has 0 saturated heterocycles. The van der Waals surface area contributed by atoms with Crippen molar-refractivity contribution >= 4 is 40.0 Å². The van der Waals surface area contributed by atoms with Crippen LogP contribution in [0.2, 0.25) is 0 Å². The Kier molecular flexibility index (Phi) is 6.37. The number of thiophene rings is 1. The Morgan fingerprint density at radius 1 is 1.30 bits per heavy atom. The number of nitriles is 1. The molecule has 1 aromatic heterocycles. The van der Waals surface area contributed by atoms with Crippen LogP contribution in [-0.2, 0) is 27.2 Å². The Hall–Kier alpha value is -2.50. The first-order valence-electron chi connectivity index (χ1n) is 8.37. The smallest absolute Gasteiger partial charge is 0.316 e. The molecular weight excluding hydrogens is 384 g/mol. The summed E-state index contributed by atoms with van der Waals surface area (Å²) >= 11 is 2.76. The lowest BCUT2D eigenvalue weighted by Gasteiger charge is -2.06. The quantitative estimate of drug-likeness (QED) is 0.564. The van der Waals surface area contributed by atoms with E-state index in [1.165, 1.54) is 23.1 Å². The predicted octanol–water partition coefficient (Wildman–Crippen LogP) is 3.39. The van der Waals surface area contributed by atoms with Crippen LogP contribution < -0.4 is 10.1 Å². The maximum atomic E-state index is 12.0. The fourth-order valence-corrected chi connectivity index (χ4v) is 4.73. The number of nitrogens with one attached hydrogen (secondary N) is 1. The first kappa shape index (κ1) is 19.3. The summed E-state index contributed by atoms with van der Waals surface area (Å²) in [7, 11) is 1.59. The second-order valence-corrected chi connectivity index (χ2v) is 8.00. The average molecular weight is 402 g/mol. The first-order chi connectivity index (χ1) is 13.1. The van der Waals surface area contributed by atoms with Crippen LogP contribution in [0.25, 0.3) is 0 Å². The summed E-state index contributed by atoms with van der Waals surface area (Å²) in [5.74, 6) is -0.0552. The van der Waals surface area contributed by atoms with Crippen LogP contribution >= 0.6 is 23.1 Å². The molecule has 0 fully saturated rings. The van der Waals surface area contributed by atoms with Crippen LogP contribution in [0.3, 0.4) is 0 Å². The minimum absolute atomic E-state index is 0.107. The summed E-state index contributed by atoms with van der Waals surface area (Å²) in [5.41, 5.74) is 1.59. The molecule has 0 atom stereocenters. The summed E-state index contributed by atoms with van der Waals surface area (Å²) in [6.45, 7) is -0.366. The van der Waals surface area contributed by atoms with E-state index in [4.69, 9.17) is 9.47 Å². The molecule has 1 amide bonds. The van der Waals surface area contributed by atoms with Crippen LogP contribution in [0.1, 0.15) is 22.4 Å². The number of aryl methyl sites for hydroxylation is 1. The van der Waals surface area contributed by atoms with Crippen LogP contribution in [0.5, 0.6) is 5.75 Å². The van der Waals surface area contributed by atoms with Gasteiger partial charge in [-0.25, -0.2) is 0 Å². The Bertz CT molecular complexity index is 884. The molecule has 6 nitrogen and oxygen atoms in total. The number of esters is 1. The van der Waals surface area contributed by atoms with Crippen LogP contribution in [0.4, 0.5) is 5.00 Å². The first-order valence-corrected chi connectivity index (χ1v) is 10.2. The monoisotopic (exact) mass is 402 g/mol. The Balaban J connectivity index is 1.45. The molecule has 0 unspecified atom stereocenters. The second-order valence-electron chi connectivity index (χ2n) is 5.85. The molecule has 0 spiro atoms. The van der Waals surface area contributed by atoms with Gasteiger partial charge < -0.3 is 14.8 Å². The van der Waals surface area contributed by atoms with Crippen molar-refractivity contribution in [1.82, 2.24) is 0 Å². The van der Waals surface area contributed by atoms with Gasteiger partial charge in [0.2, 0.25) is 0 Å². The van der Waals surface area contributed by atoms with Gasteiger partial charge in [0.1, 0.15) is 16.8 Å². The summed E-state index contributed by atoms with van der Waals surface area (Å²) in [5, 5.41) is 12.6. The average Bonchev–Trinajstić information content (AvgIpc) is 3.25. The summed E-state index contributed by atoms with van der Waals surface area (Å²) in [4.78, 5) is 25.9. The van der Waals surface area contributed by atoms with Crippen molar-refractivity contribution in [2.24, 2.45) is 0 Å². The zero-order valence-corrected chi connectivity index (χ0v) is 16.4. The second kappa shape index (κ2) is 8.93. The molecule has 2 aromatic rings. The van der Waals surface area contributed by atoms with E-state index in [0.29, 0.717) is 10.6 Å². The normalized spacial score (nSPS) is 12.1. The van der Waals surface area contributed by atoms with E-state index in [1.54, 1.807) is 7.11 Å². The van der Waals surface area contributed by atoms with Crippen molar-refractivity contribution in [2.75, 3.05) is 24.8 Å². The number of rotatable bonds is 7. The molecule has 0 aliphatic heterocycles. The van der Waals surface area contributed by atoms with Gasteiger partial charge in [-0.3, -0.25) is 9.59 Å². The van der Waals surface area contributed by atoms with Crippen LogP contribution in [0, 0.1) is 11.3 Å². The van der Waals surface area contributed by atoms with E-state index >= 15 is 0 Å². The standard InChI is InChI=1S/C19H18N2O4S2/c1-24-12-5-7-13(8-6-12)26-11-18(23)25-10-17(22)21-19-15(9-20)14-3-2-4-16(14)27-19/h5-8H,2-4,10-11H2,1H3,(H,21,22). The molecule has 1 aliphatic rings.